The van der Waals surface area contributed by atoms with Crippen LogP contribution in [0.1, 0.15) is 27.0 Å². The molecule has 0 amide bonds. The first kappa shape index (κ1) is 20.6. The number of rotatable bonds is 5. The molecule has 0 radical (unpaired) electrons. The molecule has 0 fully saturated rings. The molecule has 2 aromatic carbocycles. The summed E-state index contributed by atoms with van der Waals surface area (Å²) in [5.41, 5.74) is 2.90. The van der Waals surface area contributed by atoms with Crippen molar-refractivity contribution in [2.24, 2.45) is 0 Å². The van der Waals surface area contributed by atoms with E-state index in [0.29, 0.717) is 28.0 Å². The van der Waals surface area contributed by atoms with Crippen LogP contribution in [0.4, 0.5) is 0 Å². The maximum absolute atomic E-state index is 13.2. The van der Waals surface area contributed by atoms with Gasteiger partial charge in [0.2, 0.25) is 0 Å². The number of methoxy groups -OCH3 is 2. The average molecular weight is 411 g/mol. The van der Waals surface area contributed by atoms with Gasteiger partial charge in [-0.15, -0.1) is 11.6 Å². The van der Waals surface area contributed by atoms with E-state index in [2.05, 4.69) is 0 Å². The van der Waals surface area contributed by atoms with Gasteiger partial charge in [-0.2, -0.15) is 0 Å². The minimum Gasteiger partial charge on any atom is -0.495 e. The number of fused-ring (bicyclic) bond motifs is 1. The second kappa shape index (κ2) is 8.88. The monoisotopic (exact) mass is 410 g/mol. The molecule has 0 aliphatic heterocycles. The number of halogens is 1. The highest BCUT2D eigenvalue weighted by Crippen LogP contribution is 2.34. The van der Waals surface area contributed by atoms with Crippen LogP contribution in [0, 0.1) is 0 Å². The van der Waals surface area contributed by atoms with Crippen LogP contribution in [-0.2, 0) is 25.5 Å². The van der Waals surface area contributed by atoms with E-state index in [1.54, 1.807) is 18.2 Å². The van der Waals surface area contributed by atoms with E-state index in [9.17, 15) is 14.4 Å². The Balaban J connectivity index is 2.30. The first-order valence-electron chi connectivity index (χ1n) is 8.89. The van der Waals surface area contributed by atoms with Gasteiger partial charge in [0.1, 0.15) is 5.76 Å². The third-order valence-electron chi connectivity index (χ3n) is 4.67. The summed E-state index contributed by atoms with van der Waals surface area (Å²) in [5.74, 6) is -1.05. The molecule has 5 nitrogen and oxygen atoms in total. The second-order valence-electron chi connectivity index (χ2n) is 6.41. The van der Waals surface area contributed by atoms with E-state index in [4.69, 9.17) is 21.1 Å². The number of carbonyl (C=O) groups is 3. The van der Waals surface area contributed by atoms with Crippen LogP contribution in [0.3, 0.4) is 0 Å². The summed E-state index contributed by atoms with van der Waals surface area (Å²) < 4.78 is 10.4. The number of allylic oxidation sites excluding steroid dienone is 3. The van der Waals surface area contributed by atoms with Crippen molar-refractivity contribution in [2.45, 2.75) is 6.42 Å². The summed E-state index contributed by atoms with van der Waals surface area (Å²) >= 11 is 5.73. The zero-order valence-electron chi connectivity index (χ0n) is 16.0. The van der Waals surface area contributed by atoms with Crippen LogP contribution in [0.15, 0.2) is 60.2 Å². The van der Waals surface area contributed by atoms with E-state index in [1.165, 1.54) is 20.3 Å². The van der Waals surface area contributed by atoms with Crippen LogP contribution in [0.5, 0.6) is 0 Å². The van der Waals surface area contributed by atoms with Crippen LogP contribution in [0.25, 0.3) is 11.3 Å². The van der Waals surface area contributed by atoms with Gasteiger partial charge in [-0.05, 0) is 29.3 Å². The van der Waals surface area contributed by atoms with Crippen molar-refractivity contribution in [3.63, 3.8) is 0 Å². The van der Waals surface area contributed by atoms with Gasteiger partial charge in [-0.25, -0.2) is 4.79 Å². The lowest BCUT2D eigenvalue weighted by atomic mass is 9.92. The van der Waals surface area contributed by atoms with Gasteiger partial charge in [0.05, 0.1) is 31.2 Å². The number of hydrogen-bond donors (Lipinski definition) is 0. The van der Waals surface area contributed by atoms with Crippen LogP contribution >= 0.6 is 11.6 Å². The fraction of sp³-hybridized carbons (Fsp3) is 0.174. The fourth-order valence-electron chi connectivity index (χ4n) is 3.30. The number of ether oxygens (including phenoxy) is 2. The van der Waals surface area contributed by atoms with Crippen molar-refractivity contribution < 1.29 is 23.9 Å². The molecule has 0 saturated heterocycles. The molecule has 0 spiro atoms. The molecule has 6 heteroatoms. The predicted octanol–water partition coefficient (Wildman–Crippen LogP) is 3.85. The molecule has 29 heavy (non-hydrogen) atoms. The standard InChI is InChI=1S/C23H19ClO5/c1-28-22(14-6-4-3-5-7-14)21-18-9-8-15(23(27)29-2)10-16(18)11-17(12-19(21)25)20(26)13-24/h3-10,12H,11,13H2,1-2H3/b22-21+. The number of benzene rings is 2. The number of hydrogen-bond acceptors (Lipinski definition) is 5. The molecule has 0 atom stereocenters. The molecule has 1 aliphatic rings. The molecule has 0 N–H and O–H groups in total. The normalized spacial score (nSPS) is 15.0. The Hall–Kier alpha value is -3.18. The number of Topliss-reactive ketones (excluding diaryl/α,β-unsaturated/α-hetero) is 1. The van der Waals surface area contributed by atoms with Crippen LogP contribution < -0.4 is 0 Å². The predicted molar refractivity (Wildman–Crippen MR) is 111 cm³/mol. The molecule has 0 bridgehead atoms. The number of esters is 1. The van der Waals surface area contributed by atoms with Crippen molar-refractivity contribution >= 4 is 40.5 Å². The Morgan fingerprint density at radius 1 is 1.00 bits per heavy atom. The first-order chi connectivity index (χ1) is 14.0. The topological polar surface area (TPSA) is 69.7 Å². The summed E-state index contributed by atoms with van der Waals surface area (Å²) in [5, 5.41) is 0. The van der Waals surface area contributed by atoms with Gasteiger partial charge in [-0.3, -0.25) is 9.59 Å². The second-order valence-corrected chi connectivity index (χ2v) is 6.67. The van der Waals surface area contributed by atoms with Gasteiger partial charge in [-0.1, -0.05) is 36.4 Å². The Labute approximate surface area is 173 Å². The van der Waals surface area contributed by atoms with E-state index in [1.807, 2.05) is 30.3 Å². The van der Waals surface area contributed by atoms with E-state index >= 15 is 0 Å². The highest BCUT2D eigenvalue weighted by Gasteiger charge is 2.27. The van der Waals surface area contributed by atoms with Gasteiger partial charge < -0.3 is 9.47 Å². The van der Waals surface area contributed by atoms with Crippen molar-refractivity contribution in [1.82, 2.24) is 0 Å². The summed E-state index contributed by atoms with van der Waals surface area (Å²) in [6.07, 6.45) is 1.48. The van der Waals surface area contributed by atoms with Crippen molar-refractivity contribution in [2.75, 3.05) is 20.1 Å². The molecule has 0 aromatic heterocycles. The Kier molecular flexibility index (Phi) is 6.29. The molecular weight excluding hydrogens is 392 g/mol. The highest BCUT2D eigenvalue weighted by molar-refractivity contribution is 6.35. The Morgan fingerprint density at radius 2 is 1.72 bits per heavy atom. The summed E-state index contributed by atoms with van der Waals surface area (Å²) in [4.78, 5) is 37.4. The molecule has 148 valence electrons. The lowest BCUT2D eigenvalue weighted by molar-refractivity contribution is -0.114. The molecular formula is C23H19ClO5. The van der Waals surface area contributed by atoms with Gasteiger partial charge in [0, 0.05) is 17.6 Å². The van der Waals surface area contributed by atoms with Gasteiger partial charge in [0.25, 0.3) is 0 Å². The molecule has 0 heterocycles. The van der Waals surface area contributed by atoms with Gasteiger partial charge in [0.15, 0.2) is 11.6 Å². The van der Waals surface area contributed by atoms with Crippen molar-refractivity contribution in [3.05, 3.63) is 82.4 Å². The highest BCUT2D eigenvalue weighted by atomic mass is 35.5. The number of ketones is 2. The molecule has 3 rings (SSSR count). The lowest BCUT2D eigenvalue weighted by Gasteiger charge is -2.15. The molecule has 1 aliphatic carbocycles. The molecule has 0 unspecified atom stereocenters. The number of alkyl halides is 1. The van der Waals surface area contributed by atoms with Crippen LogP contribution in [-0.4, -0.2) is 37.6 Å². The fourth-order valence-corrected chi connectivity index (χ4v) is 3.47. The Morgan fingerprint density at radius 3 is 2.34 bits per heavy atom. The minimum atomic E-state index is -0.502. The van der Waals surface area contributed by atoms with E-state index in [-0.39, 0.29) is 29.4 Å². The maximum atomic E-state index is 13.2. The maximum Gasteiger partial charge on any atom is 0.337 e. The Bertz CT molecular complexity index is 1030. The number of carbonyl (C=O) groups excluding carboxylic acids is 3. The lowest BCUT2D eigenvalue weighted by Crippen LogP contribution is -2.08. The first-order valence-corrected chi connectivity index (χ1v) is 9.43. The van der Waals surface area contributed by atoms with Crippen LogP contribution in [0.2, 0.25) is 0 Å². The molecule has 0 saturated carbocycles. The summed E-state index contributed by atoms with van der Waals surface area (Å²) in [6, 6.07) is 14.1. The van der Waals surface area contributed by atoms with Gasteiger partial charge >= 0.3 is 5.97 Å². The SMILES string of the molecule is COC(=O)c1ccc2c(c1)CC(C(=O)CCl)=CC(=O)/C2=C(/OC)c1ccccc1. The van der Waals surface area contributed by atoms with E-state index < -0.39 is 5.97 Å². The quantitative estimate of drug-likeness (QED) is 0.324. The zero-order chi connectivity index (χ0) is 21.0. The summed E-state index contributed by atoms with van der Waals surface area (Å²) in [6.45, 7) is 0. The molecule has 2 aromatic rings. The smallest absolute Gasteiger partial charge is 0.337 e. The van der Waals surface area contributed by atoms with Crippen molar-refractivity contribution in [1.29, 1.82) is 0 Å². The largest absolute Gasteiger partial charge is 0.495 e. The minimum absolute atomic E-state index is 0.173. The van der Waals surface area contributed by atoms with E-state index in [0.717, 1.165) is 5.56 Å². The third kappa shape index (κ3) is 4.15. The zero-order valence-corrected chi connectivity index (χ0v) is 16.8. The summed E-state index contributed by atoms with van der Waals surface area (Å²) in [7, 11) is 2.79. The van der Waals surface area contributed by atoms with Crippen molar-refractivity contribution in [3.8, 4) is 0 Å². The average Bonchev–Trinajstić information content (AvgIpc) is 2.90. The third-order valence-corrected chi connectivity index (χ3v) is 4.92.